The maximum Gasteiger partial charge on any atom is 0.306 e. The Morgan fingerprint density at radius 3 is 2.40 bits per heavy atom. The van der Waals surface area contributed by atoms with Crippen molar-refractivity contribution in [2.24, 2.45) is 11.7 Å². The highest BCUT2D eigenvalue weighted by Crippen LogP contribution is 2.26. The summed E-state index contributed by atoms with van der Waals surface area (Å²) in [5.74, 6) is -1.50. The lowest BCUT2D eigenvalue weighted by Gasteiger charge is -2.01. The molecule has 1 fully saturated rings. The molecule has 0 aliphatic heterocycles. The van der Waals surface area contributed by atoms with Crippen LogP contribution in [-0.2, 0) is 4.79 Å². The lowest BCUT2D eigenvalue weighted by molar-refractivity contribution is -0.141. The molecule has 58 valence electrons. The Balaban J connectivity index is 2.49. The van der Waals surface area contributed by atoms with E-state index in [1.165, 1.54) is 0 Å². The molecule has 0 amide bonds. The molecule has 10 heavy (non-hydrogen) atoms. The first kappa shape index (κ1) is 7.47. The minimum atomic E-state index is -1.12. The van der Waals surface area contributed by atoms with Gasteiger partial charge in [0.2, 0.25) is 0 Å². The van der Waals surface area contributed by atoms with Gasteiger partial charge < -0.3 is 10.8 Å². The molecule has 0 aromatic rings. The zero-order valence-electron chi connectivity index (χ0n) is 5.46. The lowest BCUT2D eigenvalue weighted by Crippen LogP contribution is -2.25. The van der Waals surface area contributed by atoms with Crippen LogP contribution in [0, 0.1) is 5.92 Å². The molecule has 3 N–H and O–H groups in total. The zero-order valence-corrected chi connectivity index (χ0v) is 5.46. The van der Waals surface area contributed by atoms with Crippen molar-refractivity contribution < 1.29 is 14.3 Å². The van der Waals surface area contributed by atoms with E-state index in [0.717, 1.165) is 0 Å². The Morgan fingerprint density at radius 2 is 2.20 bits per heavy atom. The Labute approximate surface area is 58.0 Å². The first-order valence-electron chi connectivity index (χ1n) is 3.23. The van der Waals surface area contributed by atoms with Gasteiger partial charge in [0.15, 0.2) is 0 Å². The molecule has 0 radical (unpaired) electrons. The third-order valence-corrected chi connectivity index (χ3v) is 1.88. The quantitative estimate of drug-likeness (QED) is 0.554. The molecule has 0 aromatic carbocycles. The molecule has 0 bridgehead atoms. The van der Waals surface area contributed by atoms with Crippen LogP contribution >= 0.6 is 0 Å². The first-order valence-corrected chi connectivity index (χ1v) is 3.23. The van der Waals surface area contributed by atoms with Gasteiger partial charge in [0, 0.05) is 6.04 Å². The number of hydrogen-bond acceptors (Lipinski definition) is 2. The molecule has 1 rings (SSSR count). The number of nitrogens with two attached hydrogens (primary N) is 1. The number of carboxylic acid groups (broad SMARTS) is 1. The SMILES string of the molecule is N[C@H]1C[C@@H](C(=O)O)C[C@@H]1F. The predicted molar refractivity (Wildman–Crippen MR) is 33.2 cm³/mol. The zero-order chi connectivity index (χ0) is 7.72. The van der Waals surface area contributed by atoms with Gasteiger partial charge in [-0.15, -0.1) is 0 Å². The molecule has 3 atom stereocenters. The van der Waals surface area contributed by atoms with Crippen molar-refractivity contribution >= 4 is 5.97 Å². The number of alkyl halides is 1. The van der Waals surface area contributed by atoms with E-state index in [0.29, 0.717) is 0 Å². The molecular weight excluding hydrogens is 137 g/mol. The van der Waals surface area contributed by atoms with Gasteiger partial charge in [-0.1, -0.05) is 0 Å². The van der Waals surface area contributed by atoms with Gasteiger partial charge in [-0.2, -0.15) is 0 Å². The smallest absolute Gasteiger partial charge is 0.306 e. The fraction of sp³-hybridized carbons (Fsp3) is 0.833. The normalized spacial score (nSPS) is 40.0. The minimum Gasteiger partial charge on any atom is -0.481 e. The summed E-state index contributed by atoms with van der Waals surface area (Å²) in [6.07, 6.45) is -0.770. The van der Waals surface area contributed by atoms with Gasteiger partial charge in [-0.25, -0.2) is 4.39 Å². The maximum absolute atomic E-state index is 12.5. The summed E-state index contributed by atoms with van der Waals surface area (Å²) in [4.78, 5) is 10.3. The van der Waals surface area contributed by atoms with Crippen molar-refractivity contribution in [1.29, 1.82) is 0 Å². The molecule has 0 unspecified atom stereocenters. The van der Waals surface area contributed by atoms with Gasteiger partial charge in [0.1, 0.15) is 6.17 Å². The van der Waals surface area contributed by atoms with E-state index in [1.807, 2.05) is 0 Å². The van der Waals surface area contributed by atoms with Crippen LogP contribution in [0.5, 0.6) is 0 Å². The third-order valence-electron chi connectivity index (χ3n) is 1.88. The number of hydrogen-bond donors (Lipinski definition) is 2. The number of halogens is 1. The molecule has 1 aliphatic carbocycles. The van der Waals surface area contributed by atoms with Crippen LogP contribution in [-0.4, -0.2) is 23.3 Å². The molecule has 1 aliphatic rings. The highest BCUT2D eigenvalue weighted by atomic mass is 19.1. The van der Waals surface area contributed by atoms with Crippen molar-refractivity contribution in [1.82, 2.24) is 0 Å². The van der Waals surface area contributed by atoms with Crippen LogP contribution in [0.25, 0.3) is 0 Å². The molecule has 3 nitrogen and oxygen atoms in total. The van der Waals surface area contributed by atoms with Gasteiger partial charge >= 0.3 is 5.97 Å². The van der Waals surface area contributed by atoms with Gasteiger partial charge in [0.05, 0.1) is 5.92 Å². The number of rotatable bonds is 1. The van der Waals surface area contributed by atoms with Gasteiger partial charge in [0.25, 0.3) is 0 Å². The molecule has 4 heteroatoms. The second-order valence-electron chi connectivity index (χ2n) is 2.69. The van der Waals surface area contributed by atoms with Crippen molar-refractivity contribution in [3.05, 3.63) is 0 Å². The van der Waals surface area contributed by atoms with Crippen molar-refractivity contribution in [3.8, 4) is 0 Å². The largest absolute Gasteiger partial charge is 0.481 e. The maximum atomic E-state index is 12.5. The fourth-order valence-electron chi connectivity index (χ4n) is 1.22. The van der Waals surface area contributed by atoms with Crippen LogP contribution < -0.4 is 5.73 Å². The summed E-state index contributed by atoms with van der Waals surface area (Å²) in [6, 6.07) is -0.568. The lowest BCUT2D eigenvalue weighted by atomic mass is 10.1. The number of carbonyl (C=O) groups is 1. The Hall–Kier alpha value is -0.640. The summed E-state index contributed by atoms with van der Waals surface area (Å²) in [6.45, 7) is 0. The molecule has 0 saturated heterocycles. The average molecular weight is 147 g/mol. The van der Waals surface area contributed by atoms with Crippen LogP contribution in [0.2, 0.25) is 0 Å². The fourth-order valence-corrected chi connectivity index (χ4v) is 1.22. The van der Waals surface area contributed by atoms with E-state index in [2.05, 4.69) is 0 Å². The Kier molecular flexibility index (Phi) is 1.89. The third kappa shape index (κ3) is 1.26. The van der Waals surface area contributed by atoms with Crippen LogP contribution in [0.15, 0.2) is 0 Å². The van der Waals surface area contributed by atoms with Crippen molar-refractivity contribution in [2.45, 2.75) is 25.1 Å². The second-order valence-corrected chi connectivity index (χ2v) is 2.69. The van der Waals surface area contributed by atoms with Crippen molar-refractivity contribution in [2.75, 3.05) is 0 Å². The van der Waals surface area contributed by atoms with E-state index >= 15 is 0 Å². The number of aliphatic carboxylic acids is 1. The van der Waals surface area contributed by atoms with E-state index in [1.54, 1.807) is 0 Å². The summed E-state index contributed by atoms with van der Waals surface area (Å²) < 4.78 is 12.5. The van der Waals surface area contributed by atoms with E-state index < -0.39 is 24.1 Å². The molecule has 0 aromatic heterocycles. The number of carboxylic acids is 1. The predicted octanol–water partition coefficient (Wildman–Crippen LogP) is 0.146. The van der Waals surface area contributed by atoms with E-state index in [9.17, 15) is 9.18 Å². The Morgan fingerprint density at radius 1 is 1.60 bits per heavy atom. The minimum absolute atomic E-state index is 0.0799. The molecular formula is C6H10FNO2. The first-order chi connectivity index (χ1) is 4.61. The van der Waals surface area contributed by atoms with Crippen LogP contribution in [0.1, 0.15) is 12.8 Å². The molecule has 1 saturated carbocycles. The summed E-state index contributed by atoms with van der Waals surface area (Å²) in [7, 11) is 0. The average Bonchev–Trinajstić information content (AvgIpc) is 2.13. The molecule has 0 spiro atoms. The van der Waals surface area contributed by atoms with Crippen molar-refractivity contribution in [3.63, 3.8) is 0 Å². The highest BCUT2D eigenvalue weighted by Gasteiger charge is 2.35. The monoisotopic (exact) mass is 147 g/mol. The van der Waals surface area contributed by atoms with Crippen LogP contribution in [0.3, 0.4) is 0 Å². The standard InChI is InChI=1S/C6H10FNO2/c7-4-1-3(6(9)10)2-5(4)8/h3-5H,1-2,8H2,(H,9,10)/t3-,4-,5-/m0/s1. The summed E-state index contributed by atoms with van der Waals surface area (Å²) >= 11 is 0. The topological polar surface area (TPSA) is 63.3 Å². The summed E-state index contributed by atoms with van der Waals surface area (Å²) in [5.41, 5.74) is 5.27. The van der Waals surface area contributed by atoms with Gasteiger partial charge in [-0.05, 0) is 12.8 Å². The van der Waals surface area contributed by atoms with Gasteiger partial charge in [-0.3, -0.25) is 4.79 Å². The van der Waals surface area contributed by atoms with Crippen LogP contribution in [0.4, 0.5) is 4.39 Å². The Bertz CT molecular complexity index is 141. The molecule has 0 heterocycles. The van der Waals surface area contributed by atoms with E-state index in [4.69, 9.17) is 10.8 Å². The van der Waals surface area contributed by atoms with E-state index in [-0.39, 0.29) is 12.8 Å². The second kappa shape index (κ2) is 2.54. The highest BCUT2D eigenvalue weighted by molar-refractivity contribution is 5.70. The summed E-state index contributed by atoms with van der Waals surface area (Å²) in [5, 5.41) is 8.43.